The zero-order valence-corrected chi connectivity index (χ0v) is 6.47. The van der Waals surface area contributed by atoms with Gasteiger partial charge in [-0.2, -0.15) is 0 Å². The molecule has 1 heterocycles. The molecular weight excluding hydrogens is 148 g/mol. The van der Waals surface area contributed by atoms with Gasteiger partial charge in [0.15, 0.2) is 0 Å². The van der Waals surface area contributed by atoms with Crippen LogP contribution in [0.15, 0.2) is 0 Å². The summed E-state index contributed by atoms with van der Waals surface area (Å²) in [5, 5.41) is 27.1. The Kier molecular flexibility index (Phi) is 2.84. The van der Waals surface area contributed by atoms with Crippen LogP contribution in [0.3, 0.4) is 0 Å². The Morgan fingerprint density at radius 2 is 2.09 bits per heavy atom. The van der Waals surface area contributed by atoms with E-state index in [9.17, 15) is 10.2 Å². The fourth-order valence-electron chi connectivity index (χ4n) is 1.31. The largest absolute Gasteiger partial charge is 0.394 e. The molecule has 4 nitrogen and oxygen atoms in total. The predicted octanol–water partition coefficient (Wildman–Crippen LogP) is -1.12. The highest BCUT2D eigenvalue weighted by molar-refractivity contribution is 4.83. The Morgan fingerprint density at radius 3 is 2.64 bits per heavy atom. The molecular formula is C7H14O4. The van der Waals surface area contributed by atoms with E-state index in [1.165, 1.54) is 0 Å². The highest BCUT2D eigenvalue weighted by Crippen LogP contribution is 2.19. The average molecular weight is 162 g/mol. The summed E-state index contributed by atoms with van der Waals surface area (Å²) in [5.41, 5.74) is 0. The summed E-state index contributed by atoms with van der Waals surface area (Å²) in [5.74, 6) is 0. The number of aliphatic hydroxyl groups is 3. The van der Waals surface area contributed by atoms with Crippen molar-refractivity contribution in [3.8, 4) is 0 Å². The molecule has 4 atom stereocenters. The lowest BCUT2D eigenvalue weighted by Gasteiger charge is -2.34. The third kappa shape index (κ3) is 1.90. The molecule has 0 aromatic heterocycles. The minimum Gasteiger partial charge on any atom is -0.394 e. The zero-order chi connectivity index (χ0) is 8.43. The minimum absolute atomic E-state index is 0.0921. The molecule has 1 aliphatic heterocycles. The lowest BCUT2D eigenvalue weighted by Crippen LogP contribution is -2.49. The van der Waals surface area contributed by atoms with Gasteiger partial charge in [0.2, 0.25) is 0 Å². The number of hydrogen-bond acceptors (Lipinski definition) is 4. The second kappa shape index (κ2) is 3.49. The van der Waals surface area contributed by atoms with Gasteiger partial charge >= 0.3 is 0 Å². The monoisotopic (exact) mass is 162 g/mol. The number of rotatable bonds is 1. The van der Waals surface area contributed by atoms with Gasteiger partial charge < -0.3 is 20.1 Å². The molecule has 1 fully saturated rings. The lowest BCUT2D eigenvalue weighted by atomic mass is 9.99. The fourth-order valence-corrected chi connectivity index (χ4v) is 1.31. The summed E-state index contributed by atoms with van der Waals surface area (Å²) in [4.78, 5) is 0. The van der Waals surface area contributed by atoms with Crippen LogP contribution in [-0.2, 0) is 4.74 Å². The molecule has 1 aliphatic rings. The number of aliphatic hydroxyl groups excluding tert-OH is 3. The first-order valence-corrected chi connectivity index (χ1v) is 3.77. The van der Waals surface area contributed by atoms with Crippen LogP contribution >= 0.6 is 0 Å². The predicted molar refractivity (Wildman–Crippen MR) is 38.1 cm³/mol. The topological polar surface area (TPSA) is 69.9 Å². The molecule has 0 aromatic carbocycles. The first kappa shape index (κ1) is 8.93. The van der Waals surface area contributed by atoms with E-state index in [0.29, 0.717) is 6.42 Å². The van der Waals surface area contributed by atoms with Crippen LogP contribution in [0.4, 0.5) is 0 Å². The number of ether oxygens (including phenoxy) is 1. The molecule has 0 saturated carbocycles. The maximum atomic E-state index is 9.22. The van der Waals surface area contributed by atoms with Gasteiger partial charge in [0.25, 0.3) is 0 Å². The van der Waals surface area contributed by atoms with Crippen molar-refractivity contribution in [1.29, 1.82) is 0 Å². The van der Waals surface area contributed by atoms with Gasteiger partial charge in [-0.15, -0.1) is 0 Å². The molecule has 0 aromatic rings. The van der Waals surface area contributed by atoms with Crippen molar-refractivity contribution in [3.63, 3.8) is 0 Å². The normalized spacial score (nSPS) is 45.8. The molecule has 3 N–H and O–H groups in total. The Bertz CT molecular complexity index is 128. The van der Waals surface area contributed by atoms with Gasteiger partial charge in [-0.3, -0.25) is 0 Å². The van der Waals surface area contributed by atoms with E-state index in [0.717, 1.165) is 0 Å². The van der Waals surface area contributed by atoms with E-state index in [2.05, 4.69) is 0 Å². The molecule has 4 heteroatoms. The van der Waals surface area contributed by atoms with Gasteiger partial charge in [-0.25, -0.2) is 0 Å². The first-order valence-electron chi connectivity index (χ1n) is 3.77. The van der Waals surface area contributed by atoms with Crippen LogP contribution in [-0.4, -0.2) is 46.3 Å². The molecule has 0 aliphatic carbocycles. The summed E-state index contributed by atoms with van der Waals surface area (Å²) in [6, 6.07) is 0. The van der Waals surface area contributed by atoms with E-state index in [1.807, 2.05) is 0 Å². The fraction of sp³-hybridized carbons (Fsp3) is 1.00. The molecule has 1 rings (SSSR count). The van der Waals surface area contributed by atoms with Crippen LogP contribution in [0.25, 0.3) is 0 Å². The Hall–Kier alpha value is -0.160. The van der Waals surface area contributed by atoms with E-state index in [-0.39, 0.29) is 12.7 Å². The average Bonchev–Trinajstić information content (AvgIpc) is 1.96. The van der Waals surface area contributed by atoms with Gasteiger partial charge in [0.1, 0.15) is 12.2 Å². The molecule has 0 spiro atoms. The lowest BCUT2D eigenvalue weighted by molar-refractivity contribution is -0.174. The quantitative estimate of drug-likeness (QED) is 0.456. The van der Waals surface area contributed by atoms with E-state index >= 15 is 0 Å². The minimum atomic E-state index is -0.948. The highest BCUT2D eigenvalue weighted by Gasteiger charge is 2.34. The SMILES string of the molecule is C[C@@H]1C[C@@H](O)[C@H](O)C(CO)O1. The maximum Gasteiger partial charge on any atom is 0.109 e. The van der Waals surface area contributed by atoms with Crippen molar-refractivity contribution < 1.29 is 20.1 Å². The molecule has 1 saturated heterocycles. The van der Waals surface area contributed by atoms with Gasteiger partial charge in [0.05, 0.1) is 18.8 Å². The van der Waals surface area contributed by atoms with Crippen LogP contribution in [0.5, 0.6) is 0 Å². The zero-order valence-electron chi connectivity index (χ0n) is 6.47. The van der Waals surface area contributed by atoms with Crippen LogP contribution in [0.2, 0.25) is 0 Å². The van der Waals surface area contributed by atoms with Gasteiger partial charge in [0, 0.05) is 6.42 Å². The molecule has 66 valence electrons. The highest BCUT2D eigenvalue weighted by atomic mass is 16.5. The van der Waals surface area contributed by atoms with Crippen molar-refractivity contribution in [1.82, 2.24) is 0 Å². The summed E-state index contributed by atoms with van der Waals surface area (Å²) in [7, 11) is 0. The molecule has 11 heavy (non-hydrogen) atoms. The summed E-state index contributed by atoms with van der Waals surface area (Å²) < 4.78 is 5.16. The second-order valence-corrected chi connectivity index (χ2v) is 2.96. The summed E-state index contributed by atoms with van der Waals surface area (Å²) in [6.45, 7) is 1.56. The van der Waals surface area contributed by atoms with Crippen molar-refractivity contribution >= 4 is 0 Å². The van der Waals surface area contributed by atoms with Crippen molar-refractivity contribution in [3.05, 3.63) is 0 Å². The third-order valence-corrected chi connectivity index (χ3v) is 1.94. The second-order valence-electron chi connectivity index (χ2n) is 2.96. The molecule has 0 amide bonds. The van der Waals surface area contributed by atoms with Gasteiger partial charge in [-0.05, 0) is 6.92 Å². The molecule has 0 radical (unpaired) electrons. The van der Waals surface area contributed by atoms with Crippen LogP contribution < -0.4 is 0 Å². The summed E-state index contributed by atoms with van der Waals surface area (Å²) >= 11 is 0. The standard InChI is InChI=1S/C7H14O4/c1-4-2-5(9)7(10)6(3-8)11-4/h4-10H,2-3H2,1H3/t4-,5-,6?,7+/m1/s1. The van der Waals surface area contributed by atoms with Crippen LogP contribution in [0.1, 0.15) is 13.3 Å². The smallest absolute Gasteiger partial charge is 0.109 e. The van der Waals surface area contributed by atoms with Crippen molar-refractivity contribution in [2.24, 2.45) is 0 Å². The van der Waals surface area contributed by atoms with E-state index in [1.54, 1.807) is 6.92 Å². The summed E-state index contributed by atoms with van der Waals surface area (Å²) in [6.07, 6.45) is -2.01. The molecule has 1 unspecified atom stereocenters. The molecule has 0 bridgehead atoms. The number of hydrogen-bond donors (Lipinski definition) is 3. The Morgan fingerprint density at radius 1 is 1.45 bits per heavy atom. The maximum absolute atomic E-state index is 9.22. The van der Waals surface area contributed by atoms with Crippen LogP contribution in [0, 0.1) is 0 Å². The Balaban J connectivity index is 2.51. The Labute approximate surface area is 65.4 Å². The van der Waals surface area contributed by atoms with E-state index in [4.69, 9.17) is 9.84 Å². The van der Waals surface area contributed by atoms with Crippen molar-refractivity contribution in [2.45, 2.75) is 37.8 Å². The third-order valence-electron chi connectivity index (χ3n) is 1.94. The van der Waals surface area contributed by atoms with Crippen molar-refractivity contribution in [2.75, 3.05) is 6.61 Å². The van der Waals surface area contributed by atoms with E-state index < -0.39 is 18.3 Å². The first-order chi connectivity index (χ1) is 5.15. The van der Waals surface area contributed by atoms with Gasteiger partial charge in [-0.1, -0.05) is 0 Å².